The summed E-state index contributed by atoms with van der Waals surface area (Å²) in [5.74, 6) is -11.3. The lowest BCUT2D eigenvalue weighted by Gasteiger charge is -2.27. The SMILES string of the molecule is [2H]c1c([2H])c(CNC(=O)c2nc(C(NC(=O)c3nnc(C([2H])([2H])[2H])o3)(C([2H])([2H])[2H])C([2H])([2H])[2H])n(C([2H])([2H])[2H])c(=O)c2O)c([2H])c([2H])c1F. The van der Waals surface area contributed by atoms with E-state index in [0.717, 1.165) is 0 Å². The van der Waals surface area contributed by atoms with Gasteiger partial charge in [-0.15, -0.1) is 10.2 Å². The summed E-state index contributed by atoms with van der Waals surface area (Å²) in [5.41, 5.74) is -8.37. The molecule has 0 saturated heterocycles. The number of nitrogens with one attached hydrogen (secondary N) is 2. The Bertz CT molecular complexity index is 1800. The van der Waals surface area contributed by atoms with E-state index in [1.165, 1.54) is 5.32 Å². The molecule has 11 nitrogen and oxygen atoms in total. The molecule has 3 N–H and O–H groups in total. The van der Waals surface area contributed by atoms with Crippen LogP contribution in [0.25, 0.3) is 0 Å². The maximum atomic E-state index is 13.9. The molecule has 2 heterocycles. The molecular weight excluding hydrogens is 423 g/mol. The Morgan fingerprint density at radius 1 is 1.28 bits per heavy atom. The summed E-state index contributed by atoms with van der Waals surface area (Å²) in [6, 6.07) is -4.18. The molecule has 32 heavy (non-hydrogen) atoms. The summed E-state index contributed by atoms with van der Waals surface area (Å²) in [6.45, 7) is -16.2. The smallest absolute Gasteiger partial charge is 0.309 e. The van der Waals surface area contributed by atoms with Crippen molar-refractivity contribution in [2.75, 3.05) is 0 Å². The van der Waals surface area contributed by atoms with Crippen LogP contribution < -0.4 is 16.2 Å². The number of carbonyl (C=O) groups is 2. The van der Waals surface area contributed by atoms with E-state index < -0.39 is 126 Å². The lowest BCUT2D eigenvalue weighted by atomic mass is 10.0. The van der Waals surface area contributed by atoms with E-state index in [4.69, 9.17) is 21.9 Å². The number of benzene rings is 1. The highest BCUT2D eigenvalue weighted by Gasteiger charge is 2.32. The van der Waals surface area contributed by atoms with Gasteiger partial charge in [0.2, 0.25) is 11.6 Å². The average molecular weight is 461 g/mol. The van der Waals surface area contributed by atoms with Crippen molar-refractivity contribution in [2.45, 2.75) is 32.6 Å². The van der Waals surface area contributed by atoms with Crippen LogP contribution in [-0.2, 0) is 19.1 Å². The summed E-state index contributed by atoms with van der Waals surface area (Å²) in [5, 5.41) is 20.1. The Balaban J connectivity index is 2.33. The molecule has 0 spiro atoms. The number of carbonyl (C=O) groups excluding carboxylic acids is 2. The zero-order valence-electron chi connectivity index (χ0n) is 31.5. The van der Waals surface area contributed by atoms with E-state index in [9.17, 15) is 23.9 Å². The molecule has 0 bridgehead atoms. The van der Waals surface area contributed by atoms with Gasteiger partial charge in [-0.05, 0) is 31.4 Å². The predicted molar refractivity (Wildman–Crippen MR) is 108 cm³/mol. The maximum Gasteiger partial charge on any atom is 0.309 e. The van der Waals surface area contributed by atoms with Crippen molar-refractivity contribution in [3.63, 3.8) is 0 Å². The number of hydrogen-bond donors (Lipinski definition) is 3. The van der Waals surface area contributed by atoms with Crippen molar-refractivity contribution in [3.8, 4) is 5.75 Å². The highest BCUT2D eigenvalue weighted by Crippen LogP contribution is 2.20. The predicted octanol–water partition coefficient (Wildman–Crippen LogP) is 0.912. The second-order valence-electron chi connectivity index (χ2n) is 5.86. The van der Waals surface area contributed by atoms with Crippen LogP contribution in [-0.4, -0.2) is 36.7 Å². The second kappa shape index (κ2) is 8.57. The van der Waals surface area contributed by atoms with Crippen molar-refractivity contribution in [1.82, 2.24) is 30.4 Å². The average Bonchev–Trinajstić information content (AvgIpc) is 3.44. The molecule has 3 aromatic rings. The normalized spacial score (nSPS) is 20.2. The van der Waals surface area contributed by atoms with E-state index in [-0.39, 0.29) is 0 Å². The summed E-state index contributed by atoms with van der Waals surface area (Å²) in [7, 11) is 0. The first-order chi connectivity index (χ1) is 21.6. The molecule has 0 fully saturated rings. The third-order valence-corrected chi connectivity index (χ3v) is 3.60. The molecule has 0 aliphatic carbocycles. The molecule has 2 aromatic heterocycles. The minimum absolute atomic E-state index is 0.595. The number of aromatic hydroxyl groups is 1. The summed E-state index contributed by atoms with van der Waals surface area (Å²) in [4.78, 5) is 43.0. The van der Waals surface area contributed by atoms with Crippen molar-refractivity contribution in [2.24, 2.45) is 6.98 Å². The van der Waals surface area contributed by atoms with Crippen LogP contribution in [0.3, 0.4) is 0 Å². The molecule has 1 aromatic carbocycles. The molecular formula is C20H21FN6O5. The zero-order valence-corrected chi connectivity index (χ0v) is 15.5. The Morgan fingerprint density at radius 3 is 2.66 bits per heavy atom. The Hall–Kier alpha value is -4.09. The summed E-state index contributed by atoms with van der Waals surface area (Å²) in [6.07, 6.45) is 0. The first kappa shape index (κ1) is 9.59. The highest BCUT2D eigenvalue weighted by atomic mass is 19.1. The lowest BCUT2D eigenvalue weighted by molar-refractivity contribution is 0.0869. The molecule has 2 amide bonds. The van der Waals surface area contributed by atoms with E-state index in [0.29, 0.717) is 0 Å². The number of halogens is 1. The van der Waals surface area contributed by atoms with Crippen LogP contribution in [0, 0.1) is 12.7 Å². The molecule has 0 atom stereocenters. The number of rotatable bonds is 6. The van der Waals surface area contributed by atoms with Gasteiger partial charge in [0.25, 0.3) is 11.5 Å². The van der Waals surface area contributed by atoms with Crippen molar-refractivity contribution in [1.29, 1.82) is 0 Å². The van der Waals surface area contributed by atoms with Crippen molar-refractivity contribution >= 4 is 11.8 Å². The fraction of sp³-hybridized carbons (Fsp3) is 0.300. The number of nitrogens with zero attached hydrogens (tertiary/aromatic N) is 4. The molecule has 168 valence electrons. The van der Waals surface area contributed by atoms with Crippen LogP contribution in [0.5, 0.6) is 5.75 Å². The van der Waals surface area contributed by atoms with Crippen LogP contribution in [0.15, 0.2) is 33.4 Å². The minimum Gasteiger partial charge on any atom is -0.501 e. The Kier molecular flexibility index (Phi) is 2.57. The minimum atomic E-state index is -4.12. The third kappa shape index (κ3) is 4.63. The number of aryl methyl sites for hydroxylation is 1. The van der Waals surface area contributed by atoms with Crippen LogP contribution in [0.1, 0.15) is 74.1 Å². The fourth-order valence-corrected chi connectivity index (χ4v) is 2.18. The molecule has 0 unspecified atom stereocenters. The largest absolute Gasteiger partial charge is 0.501 e. The van der Waals surface area contributed by atoms with Crippen LogP contribution in [0.2, 0.25) is 0 Å². The lowest BCUT2D eigenvalue weighted by Crippen LogP contribution is -2.46. The van der Waals surface area contributed by atoms with Gasteiger partial charge in [-0.3, -0.25) is 19.0 Å². The molecule has 0 saturated carbocycles. The van der Waals surface area contributed by atoms with E-state index in [1.54, 1.807) is 0 Å². The van der Waals surface area contributed by atoms with Gasteiger partial charge in [-0.1, -0.05) is 12.1 Å². The van der Waals surface area contributed by atoms with Crippen LogP contribution >= 0.6 is 0 Å². The summed E-state index contributed by atoms with van der Waals surface area (Å²) >= 11 is 0. The van der Waals surface area contributed by atoms with Gasteiger partial charge >= 0.3 is 11.8 Å². The standard InChI is InChI=1S/C20H21FN6O5/c1-10-25-26-17(32-10)16(30)24-20(2,3)19-23-13(14(28)18(31)27(19)4)15(29)22-9-11-5-7-12(21)8-6-11/h5-8,28H,9H2,1-4H3,(H,22,29)(H,24,30)/i1D3,2D3,3D3,4D3,5D,6D,7D,8D. The zero-order chi connectivity index (χ0) is 37.1. The summed E-state index contributed by atoms with van der Waals surface area (Å²) < 4.78 is 143. The fourth-order valence-electron chi connectivity index (χ4n) is 2.18. The van der Waals surface area contributed by atoms with Gasteiger partial charge in [0.1, 0.15) is 11.6 Å². The topological polar surface area (TPSA) is 152 Å². The van der Waals surface area contributed by atoms with Gasteiger partial charge < -0.3 is 20.2 Å². The van der Waals surface area contributed by atoms with Crippen LogP contribution in [0.4, 0.5) is 4.39 Å². The third-order valence-electron chi connectivity index (χ3n) is 3.60. The molecule has 12 heteroatoms. The van der Waals surface area contributed by atoms with Gasteiger partial charge in [-0.2, -0.15) is 0 Å². The molecule has 3 rings (SSSR count). The Labute approximate surface area is 203 Å². The molecule has 0 aliphatic heterocycles. The molecule has 0 aliphatic rings. The second-order valence-corrected chi connectivity index (χ2v) is 5.86. The van der Waals surface area contributed by atoms with Gasteiger partial charge in [0.05, 0.1) is 11.0 Å². The van der Waals surface area contributed by atoms with Gasteiger partial charge in [-0.25, -0.2) is 9.37 Å². The number of amides is 2. The monoisotopic (exact) mass is 460 g/mol. The van der Waals surface area contributed by atoms with Crippen molar-refractivity contribution in [3.05, 3.63) is 69.2 Å². The number of aromatic nitrogens is 4. The van der Waals surface area contributed by atoms with E-state index in [2.05, 4.69) is 19.6 Å². The first-order valence-corrected chi connectivity index (χ1v) is 8.16. The van der Waals surface area contributed by atoms with Crippen molar-refractivity contribution < 1.29 is 45.4 Å². The van der Waals surface area contributed by atoms with Gasteiger partial charge in [0, 0.05) is 36.8 Å². The quantitative estimate of drug-likeness (QED) is 0.491. The Morgan fingerprint density at radius 2 is 2.03 bits per heavy atom. The maximum absolute atomic E-state index is 13.9. The molecule has 0 radical (unpaired) electrons. The van der Waals surface area contributed by atoms with Gasteiger partial charge in [0.15, 0.2) is 5.69 Å². The van der Waals surface area contributed by atoms with E-state index >= 15 is 0 Å². The number of hydrogen-bond acceptors (Lipinski definition) is 8. The first-order valence-electron chi connectivity index (χ1n) is 16.2. The highest BCUT2D eigenvalue weighted by molar-refractivity contribution is 5.94. The van der Waals surface area contributed by atoms with E-state index in [1.807, 2.05) is 5.32 Å².